The minimum Gasteiger partial charge on any atom is -0.457 e. The van der Waals surface area contributed by atoms with E-state index in [1.54, 1.807) is 55.6 Å². The molecule has 0 aliphatic heterocycles. The monoisotopic (exact) mass is 478 g/mol. The summed E-state index contributed by atoms with van der Waals surface area (Å²) in [5, 5.41) is 5.57. The summed E-state index contributed by atoms with van der Waals surface area (Å²) in [6.07, 6.45) is 0. The second-order valence-electron chi connectivity index (χ2n) is 7.22. The third-order valence-corrected chi connectivity index (χ3v) is 5.79. The number of benzene rings is 3. The molecule has 0 unspecified atom stereocenters. The lowest BCUT2D eigenvalue weighted by Crippen LogP contribution is -2.28. The fraction of sp³-hybridized carbons (Fsp3) is 0.192. The van der Waals surface area contributed by atoms with Crippen LogP contribution in [0.25, 0.3) is 0 Å². The fourth-order valence-corrected chi connectivity index (χ4v) is 3.82. The summed E-state index contributed by atoms with van der Waals surface area (Å²) >= 11 is 1.27. The Morgan fingerprint density at radius 3 is 2.32 bits per heavy atom. The molecule has 0 radical (unpaired) electrons. The maximum absolute atomic E-state index is 12.7. The Hall–Kier alpha value is -3.62. The molecule has 3 aromatic carbocycles. The molecular formula is C26H26N2O5S. The molecule has 2 amide bonds. The average Bonchev–Trinajstić information content (AvgIpc) is 2.87. The average molecular weight is 479 g/mol. The zero-order valence-electron chi connectivity index (χ0n) is 18.8. The van der Waals surface area contributed by atoms with Crippen molar-refractivity contribution in [2.24, 2.45) is 0 Å². The van der Waals surface area contributed by atoms with Gasteiger partial charge in [-0.25, -0.2) is 4.79 Å². The van der Waals surface area contributed by atoms with Crippen molar-refractivity contribution < 1.29 is 23.9 Å². The van der Waals surface area contributed by atoms with E-state index in [1.807, 2.05) is 30.3 Å². The Morgan fingerprint density at radius 1 is 0.882 bits per heavy atom. The van der Waals surface area contributed by atoms with Crippen LogP contribution in [0.2, 0.25) is 0 Å². The van der Waals surface area contributed by atoms with Crippen LogP contribution in [-0.2, 0) is 20.9 Å². The third-order valence-electron chi connectivity index (χ3n) is 4.71. The van der Waals surface area contributed by atoms with Crippen molar-refractivity contribution in [3.63, 3.8) is 0 Å². The number of amides is 2. The lowest BCUT2D eigenvalue weighted by molar-refractivity contribution is -0.118. The Bertz CT molecular complexity index is 1100. The zero-order chi connectivity index (χ0) is 24.2. The lowest BCUT2D eigenvalue weighted by atomic mass is 10.1. The molecule has 0 atom stereocenters. The quantitative estimate of drug-likeness (QED) is 0.244. The van der Waals surface area contributed by atoms with Gasteiger partial charge in [0.15, 0.2) is 0 Å². The van der Waals surface area contributed by atoms with E-state index in [1.165, 1.54) is 11.8 Å². The van der Waals surface area contributed by atoms with Crippen LogP contribution >= 0.6 is 11.8 Å². The second kappa shape index (κ2) is 13.2. The molecule has 0 saturated carbocycles. The number of nitrogens with one attached hydrogen (secondary N) is 2. The number of hydrogen-bond donors (Lipinski definition) is 2. The van der Waals surface area contributed by atoms with Gasteiger partial charge in [0.05, 0.1) is 17.9 Å². The molecule has 0 bridgehead atoms. The van der Waals surface area contributed by atoms with Crippen LogP contribution < -0.4 is 10.6 Å². The minimum absolute atomic E-state index is 0.0654. The number of hydrogen-bond acceptors (Lipinski definition) is 6. The highest BCUT2D eigenvalue weighted by Crippen LogP contribution is 2.23. The summed E-state index contributed by atoms with van der Waals surface area (Å²) in [5.74, 6) is -0.650. The van der Waals surface area contributed by atoms with E-state index in [0.29, 0.717) is 29.2 Å². The molecule has 3 aromatic rings. The van der Waals surface area contributed by atoms with Crippen LogP contribution in [-0.4, -0.2) is 43.8 Å². The normalized spacial score (nSPS) is 10.4. The number of ether oxygens (including phenoxy) is 2. The van der Waals surface area contributed by atoms with Gasteiger partial charge < -0.3 is 20.1 Å². The van der Waals surface area contributed by atoms with Gasteiger partial charge in [0.1, 0.15) is 6.61 Å². The third kappa shape index (κ3) is 7.75. The van der Waals surface area contributed by atoms with E-state index in [-0.39, 0.29) is 24.2 Å². The molecule has 176 valence electrons. The molecule has 0 heterocycles. The molecular weight excluding hydrogens is 452 g/mol. The number of thioether (sulfide) groups is 1. The summed E-state index contributed by atoms with van der Waals surface area (Å²) in [5.41, 5.74) is 2.38. The number of carbonyl (C=O) groups excluding carboxylic acids is 3. The van der Waals surface area contributed by atoms with Crippen molar-refractivity contribution in [3.8, 4) is 0 Å². The minimum atomic E-state index is -0.478. The molecule has 8 heteroatoms. The number of rotatable bonds is 11. The molecule has 0 aliphatic carbocycles. The zero-order valence-corrected chi connectivity index (χ0v) is 19.6. The maximum Gasteiger partial charge on any atom is 0.339 e. The first kappa shape index (κ1) is 25.0. The van der Waals surface area contributed by atoms with Gasteiger partial charge in [-0.2, -0.15) is 0 Å². The SMILES string of the molecule is COCCNC(=O)CSc1ccccc1C(=O)OCc1ccc(C(=O)Nc2ccccc2)cc1. The molecule has 0 saturated heterocycles. The predicted octanol–water partition coefficient (Wildman–Crippen LogP) is 4.15. The summed E-state index contributed by atoms with van der Waals surface area (Å²) in [4.78, 5) is 37.6. The molecule has 0 fully saturated rings. The molecule has 34 heavy (non-hydrogen) atoms. The van der Waals surface area contributed by atoms with Gasteiger partial charge in [0, 0.05) is 29.8 Å². The van der Waals surface area contributed by atoms with Crippen molar-refractivity contribution in [2.75, 3.05) is 31.3 Å². The van der Waals surface area contributed by atoms with Crippen molar-refractivity contribution in [1.82, 2.24) is 5.32 Å². The standard InChI is InChI=1S/C26H26N2O5S/c1-32-16-15-27-24(29)18-34-23-10-6-5-9-22(23)26(31)33-17-19-11-13-20(14-12-19)25(30)28-21-7-3-2-4-8-21/h2-14H,15-18H2,1H3,(H,27,29)(H,28,30). The highest BCUT2D eigenvalue weighted by atomic mass is 32.2. The summed E-state index contributed by atoms with van der Waals surface area (Å²) < 4.78 is 10.4. The van der Waals surface area contributed by atoms with Crippen LogP contribution in [0.3, 0.4) is 0 Å². The van der Waals surface area contributed by atoms with E-state index < -0.39 is 5.97 Å². The van der Waals surface area contributed by atoms with Crippen molar-refractivity contribution in [1.29, 1.82) is 0 Å². The second-order valence-corrected chi connectivity index (χ2v) is 8.24. The molecule has 0 aromatic heterocycles. The number of para-hydroxylation sites is 1. The van der Waals surface area contributed by atoms with Gasteiger partial charge in [0.2, 0.25) is 5.91 Å². The number of anilines is 1. The Morgan fingerprint density at radius 2 is 1.59 bits per heavy atom. The Balaban J connectivity index is 1.52. The lowest BCUT2D eigenvalue weighted by Gasteiger charge is -2.10. The van der Waals surface area contributed by atoms with E-state index in [2.05, 4.69) is 10.6 Å². The highest BCUT2D eigenvalue weighted by molar-refractivity contribution is 8.00. The van der Waals surface area contributed by atoms with E-state index in [4.69, 9.17) is 9.47 Å². The summed E-state index contributed by atoms with van der Waals surface area (Å²) in [6.45, 7) is 0.945. The molecule has 2 N–H and O–H groups in total. The topological polar surface area (TPSA) is 93.7 Å². The van der Waals surface area contributed by atoms with Crippen molar-refractivity contribution in [3.05, 3.63) is 95.6 Å². The molecule has 7 nitrogen and oxygen atoms in total. The molecule has 3 rings (SSSR count). The Labute approximate surface area is 202 Å². The Kier molecular flexibility index (Phi) is 9.69. The van der Waals surface area contributed by atoms with Crippen LogP contribution in [0.15, 0.2) is 83.8 Å². The predicted molar refractivity (Wildman–Crippen MR) is 132 cm³/mol. The number of methoxy groups -OCH3 is 1. The van der Waals surface area contributed by atoms with Crippen LogP contribution in [0.4, 0.5) is 5.69 Å². The van der Waals surface area contributed by atoms with Crippen LogP contribution in [0, 0.1) is 0 Å². The van der Waals surface area contributed by atoms with Crippen LogP contribution in [0.5, 0.6) is 0 Å². The van der Waals surface area contributed by atoms with Gasteiger partial charge >= 0.3 is 5.97 Å². The fourth-order valence-electron chi connectivity index (χ4n) is 2.95. The van der Waals surface area contributed by atoms with Crippen molar-refractivity contribution >= 4 is 35.2 Å². The first-order valence-corrected chi connectivity index (χ1v) is 11.7. The van der Waals surface area contributed by atoms with Gasteiger partial charge in [-0.05, 0) is 42.0 Å². The van der Waals surface area contributed by atoms with Gasteiger partial charge in [-0.1, -0.05) is 42.5 Å². The highest BCUT2D eigenvalue weighted by Gasteiger charge is 2.14. The number of carbonyl (C=O) groups is 3. The van der Waals surface area contributed by atoms with Gasteiger partial charge in [-0.3, -0.25) is 9.59 Å². The van der Waals surface area contributed by atoms with E-state index >= 15 is 0 Å². The summed E-state index contributed by atoms with van der Waals surface area (Å²) in [6, 6.07) is 23.1. The van der Waals surface area contributed by atoms with Crippen LogP contribution in [0.1, 0.15) is 26.3 Å². The van der Waals surface area contributed by atoms with E-state index in [9.17, 15) is 14.4 Å². The van der Waals surface area contributed by atoms with Crippen molar-refractivity contribution in [2.45, 2.75) is 11.5 Å². The largest absolute Gasteiger partial charge is 0.457 e. The summed E-state index contributed by atoms with van der Waals surface area (Å²) in [7, 11) is 1.57. The van der Waals surface area contributed by atoms with Gasteiger partial charge in [0.25, 0.3) is 5.91 Å². The molecule has 0 aliphatic rings. The number of esters is 1. The molecule has 0 spiro atoms. The first-order valence-electron chi connectivity index (χ1n) is 10.7. The van der Waals surface area contributed by atoms with Gasteiger partial charge in [-0.15, -0.1) is 11.8 Å². The smallest absolute Gasteiger partial charge is 0.339 e. The maximum atomic E-state index is 12.7. The first-order chi connectivity index (χ1) is 16.6. The van der Waals surface area contributed by atoms with E-state index in [0.717, 1.165) is 11.3 Å².